The summed E-state index contributed by atoms with van der Waals surface area (Å²) < 4.78 is 7.22. The number of carboxylic acid groups (broad SMARTS) is 1. The molecule has 2 rings (SSSR count). The summed E-state index contributed by atoms with van der Waals surface area (Å²) in [6.45, 7) is 7.74. The average Bonchev–Trinajstić information content (AvgIpc) is 2.87. The van der Waals surface area contributed by atoms with E-state index in [4.69, 9.17) is 4.74 Å². The average molecular weight is 332 g/mol. The van der Waals surface area contributed by atoms with Crippen LogP contribution in [0.25, 0.3) is 0 Å². The molecule has 0 aliphatic carbocycles. The molecule has 0 radical (unpaired) electrons. The number of imidazole rings is 1. The lowest BCUT2D eigenvalue weighted by Crippen LogP contribution is -2.22. The first kappa shape index (κ1) is 17.4. The molecule has 6 heteroatoms. The summed E-state index contributed by atoms with van der Waals surface area (Å²) >= 11 is 0. The SMILES string of the molecule is C[Si](C)(C)CCOCn1cc(Cc2ccccc2)nc1C(=O)O. The number of hydrogen-bond acceptors (Lipinski definition) is 3. The molecule has 0 saturated carbocycles. The lowest BCUT2D eigenvalue weighted by atomic mass is 10.1. The lowest BCUT2D eigenvalue weighted by Gasteiger charge is -2.15. The third-order valence-electron chi connectivity index (χ3n) is 3.47. The van der Waals surface area contributed by atoms with Crippen molar-refractivity contribution in [1.29, 1.82) is 0 Å². The standard InChI is InChI=1S/C17H24N2O3Si/c1-23(2,3)10-9-22-13-19-12-15(18-16(19)17(20)21)11-14-7-5-4-6-8-14/h4-8,12H,9-11,13H2,1-3H3,(H,20,21). The van der Waals surface area contributed by atoms with Gasteiger partial charge in [0.15, 0.2) is 0 Å². The molecule has 1 heterocycles. The van der Waals surface area contributed by atoms with E-state index < -0.39 is 14.0 Å². The van der Waals surface area contributed by atoms with E-state index in [1.807, 2.05) is 30.3 Å². The minimum Gasteiger partial charge on any atom is -0.475 e. The Kier molecular flexibility index (Phi) is 5.73. The van der Waals surface area contributed by atoms with Gasteiger partial charge in [-0.2, -0.15) is 0 Å². The molecule has 124 valence electrons. The molecule has 5 nitrogen and oxygen atoms in total. The lowest BCUT2D eigenvalue weighted by molar-refractivity contribution is 0.0613. The number of ether oxygens (including phenoxy) is 1. The summed E-state index contributed by atoms with van der Waals surface area (Å²) in [5, 5.41) is 9.30. The number of aromatic nitrogens is 2. The summed E-state index contributed by atoms with van der Waals surface area (Å²) in [5.74, 6) is -0.998. The Balaban J connectivity index is 2.02. The van der Waals surface area contributed by atoms with Crippen LogP contribution in [0.1, 0.15) is 21.9 Å². The Morgan fingerprint density at radius 3 is 2.57 bits per heavy atom. The van der Waals surface area contributed by atoms with Gasteiger partial charge in [-0.3, -0.25) is 0 Å². The normalized spacial score (nSPS) is 11.6. The highest BCUT2D eigenvalue weighted by Crippen LogP contribution is 2.12. The molecular formula is C17H24N2O3Si. The van der Waals surface area contributed by atoms with Gasteiger partial charge in [0.2, 0.25) is 5.82 Å². The molecule has 0 bridgehead atoms. The fraction of sp³-hybridized carbons (Fsp3) is 0.412. The van der Waals surface area contributed by atoms with Crippen molar-refractivity contribution in [3.05, 3.63) is 53.6 Å². The second-order valence-corrected chi connectivity index (χ2v) is 12.5. The number of aromatic carboxylic acids is 1. The molecule has 0 atom stereocenters. The zero-order valence-electron chi connectivity index (χ0n) is 14.0. The van der Waals surface area contributed by atoms with E-state index in [0.717, 1.165) is 17.3 Å². The Hall–Kier alpha value is -1.92. The maximum Gasteiger partial charge on any atom is 0.372 e. The van der Waals surface area contributed by atoms with Crippen LogP contribution in [-0.4, -0.2) is 35.3 Å². The van der Waals surface area contributed by atoms with Crippen molar-refractivity contribution >= 4 is 14.0 Å². The zero-order valence-corrected chi connectivity index (χ0v) is 15.0. The highest BCUT2D eigenvalue weighted by Gasteiger charge is 2.16. The maximum absolute atomic E-state index is 11.3. The molecule has 0 fully saturated rings. The van der Waals surface area contributed by atoms with Crippen molar-refractivity contribution in [2.75, 3.05) is 6.61 Å². The Bertz CT molecular complexity index is 648. The summed E-state index contributed by atoms with van der Waals surface area (Å²) in [4.78, 5) is 15.6. The molecule has 1 aromatic carbocycles. The van der Waals surface area contributed by atoms with Crippen molar-refractivity contribution in [2.45, 2.75) is 38.8 Å². The first-order valence-corrected chi connectivity index (χ1v) is 11.5. The van der Waals surface area contributed by atoms with Gasteiger partial charge in [0, 0.05) is 27.3 Å². The smallest absolute Gasteiger partial charge is 0.372 e. The van der Waals surface area contributed by atoms with Crippen LogP contribution in [0.3, 0.4) is 0 Å². The van der Waals surface area contributed by atoms with Crippen molar-refractivity contribution in [1.82, 2.24) is 9.55 Å². The Morgan fingerprint density at radius 1 is 1.26 bits per heavy atom. The Labute approximate surface area is 137 Å². The number of carboxylic acids is 1. The van der Waals surface area contributed by atoms with Crippen LogP contribution in [0, 0.1) is 0 Å². The fourth-order valence-electron chi connectivity index (χ4n) is 2.17. The van der Waals surface area contributed by atoms with Crippen LogP contribution in [0.4, 0.5) is 0 Å². The van der Waals surface area contributed by atoms with Gasteiger partial charge in [-0.1, -0.05) is 50.0 Å². The topological polar surface area (TPSA) is 64.4 Å². The fourth-order valence-corrected chi connectivity index (χ4v) is 2.93. The van der Waals surface area contributed by atoms with Crippen LogP contribution < -0.4 is 0 Å². The van der Waals surface area contributed by atoms with Gasteiger partial charge in [0.05, 0.1) is 5.69 Å². The van der Waals surface area contributed by atoms with E-state index in [-0.39, 0.29) is 12.6 Å². The second kappa shape index (κ2) is 7.57. The van der Waals surface area contributed by atoms with Gasteiger partial charge >= 0.3 is 5.97 Å². The predicted octanol–water partition coefficient (Wildman–Crippen LogP) is 3.48. The van der Waals surface area contributed by atoms with Crippen molar-refractivity contribution < 1.29 is 14.6 Å². The van der Waals surface area contributed by atoms with Crippen LogP contribution in [0.15, 0.2) is 36.5 Å². The quantitative estimate of drug-likeness (QED) is 0.594. The van der Waals surface area contributed by atoms with Crippen molar-refractivity contribution in [2.24, 2.45) is 0 Å². The van der Waals surface area contributed by atoms with Crippen LogP contribution in [0.5, 0.6) is 0 Å². The third-order valence-corrected chi connectivity index (χ3v) is 5.18. The first-order valence-electron chi connectivity index (χ1n) is 7.76. The number of nitrogens with zero attached hydrogens (tertiary/aromatic N) is 2. The molecule has 0 unspecified atom stereocenters. The highest BCUT2D eigenvalue weighted by molar-refractivity contribution is 6.76. The largest absolute Gasteiger partial charge is 0.475 e. The molecule has 0 amide bonds. The molecule has 0 aliphatic heterocycles. The minimum absolute atomic E-state index is 0.0314. The highest BCUT2D eigenvalue weighted by atomic mass is 28.3. The van der Waals surface area contributed by atoms with Gasteiger partial charge in [0.25, 0.3) is 0 Å². The number of hydrogen-bond donors (Lipinski definition) is 1. The summed E-state index contributed by atoms with van der Waals surface area (Å²) in [6, 6.07) is 10.9. The zero-order chi connectivity index (χ0) is 16.9. The molecule has 2 aromatic rings. The maximum atomic E-state index is 11.3. The molecule has 1 N–H and O–H groups in total. The van der Waals surface area contributed by atoms with Crippen LogP contribution in [0.2, 0.25) is 25.7 Å². The number of carbonyl (C=O) groups is 1. The first-order chi connectivity index (χ1) is 10.8. The second-order valence-electron chi connectivity index (χ2n) is 6.84. The molecule has 23 heavy (non-hydrogen) atoms. The predicted molar refractivity (Wildman–Crippen MR) is 92.5 cm³/mol. The molecule has 0 aliphatic rings. The van der Waals surface area contributed by atoms with Crippen molar-refractivity contribution in [3.63, 3.8) is 0 Å². The molecule has 0 spiro atoms. The molecule has 0 saturated heterocycles. The van der Waals surface area contributed by atoms with Gasteiger partial charge in [0.1, 0.15) is 6.73 Å². The molecule has 1 aromatic heterocycles. The van der Waals surface area contributed by atoms with E-state index >= 15 is 0 Å². The number of benzene rings is 1. The van der Waals surface area contributed by atoms with Crippen LogP contribution >= 0.6 is 0 Å². The Morgan fingerprint density at radius 2 is 1.96 bits per heavy atom. The summed E-state index contributed by atoms with van der Waals surface area (Å²) in [7, 11) is -1.14. The summed E-state index contributed by atoms with van der Waals surface area (Å²) in [6.07, 6.45) is 2.38. The van der Waals surface area contributed by atoms with Gasteiger partial charge in [-0.05, 0) is 11.6 Å². The van der Waals surface area contributed by atoms with Gasteiger partial charge in [-0.25, -0.2) is 9.78 Å². The third kappa shape index (κ3) is 5.65. The van der Waals surface area contributed by atoms with E-state index in [0.29, 0.717) is 13.0 Å². The number of rotatable bonds is 8. The van der Waals surface area contributed by atoms with E-state index in [2.05, 4.69) is 24.6 Å². The van der Waals surface area contributed by atoms with Crippen molar-refractivity contribution in [3.8, 4) is 0 Å². The summed E-state index contributed by atoms with van der Waals surface area (Å²) in [5.41, 5.74) is 1.84. The van der Waals surface area contributed by atoms with E-state index in [1.165, 1.54) is 0 Å². The van der Waals surface area contributed by atoms with Crippen LogP contribution in [-0.2, 0) is 17.9 Å². The van der Waals surface area contributed by atoms with Gasteiger partial charge in [-0.15, -0.1) is 0 Å². The van der Waals surface area contributed by atoms with E-state index in [9.17, 15) is 9.90 Å². The van der Waals surface area contributed by atoms with Gasteiger partial charge < -0.3 is 14.4 Å². The van der Waals surface area contributed by atoms with E-state index in [1.54, 1.807) is 10.8 Å². The molecular weight excluding hydrogens is 308 g/mol. The monoisotopic (exact) mass is 332 g/mol. The minimum atomic E-state index is -1.14.